The molecule has 1 N–H and O–H groups in total. The number of carboxylic acids is 1. The largest absolute Gasteiger partial charge is 0.477 e. The predicted molar refractivity (Wildman–Crippen MR) is 22.6 cm³/mol. The molecule has 0 aliphatic rings. The summed E-state index contributed by atoms with van der Waals surface area (Å²) in [7, 11) is -2.57. The lowest BCUT2D eigenvalue weighted by atomic mass is 10.8. The van der Waals surface area contributed by atoms with Crippen molar-refractivity contribution in [2.45, 2.75) is 0 Å². The second-order valence-electron chi connectivity index (χ2n) is 0.717. The molecule has 0 unspecified atom stereocenters. The summed E-state index contributed by atoms with van der Waals surface area (Å²) in [6.07, 6.45) is 0. The van der Waals surface area contributed by atoms with Crippen molar-refractivity contribution >= 4 is 21.6 Å². The number of hydrogen-bond acceptors (Lipinski definition) is 3. The van der Waals surface area contributed by atoms with Crippen LogP contribution in [-0.4, -0.2) is 24.9 Å². The molecule has 0 radical (unpaired) electrons. The Morgan fingerprint density at radius 2 is 2.00 bits per heavy atom. The van der Waals surface area contributed by atoms with Crippen molar-refractivity contribution in [3.05, 3.63) is 0 Å². The molecule has 0 aliphatic carbocycles. The maximum atomic E-state index is 9.37. The SMILES string of the molecule is O=C(O)C=S(=O)=O. The van der Waals surface area contributed by atoms with E-state index >= 15 is 0 Å². The van der Waals surface area contributed by atoms with Gasteiger partial charge in [-0.15, -0.1) is 0 Å². The Kier molecular flexibility index (Phi) is 2.07. The van der Waals surface area contributed by atoms with E-state index in [0.29, 0.717) is 0 Å². The molecule has 0 spiro atoms. The molecule has 0 aliphatic heterocycles. The van der Waals surface area contributed by atoms with E-state index in [2.05, 4.69) is 0 Å². The highest BCUT2D eigenvalue weighted by Gasteiger charge is 1.83. The molecule has 0 rings (SSSR count). The molecule has 5 heteroatoms. The molecule has 0 saturated carbocycles. The van der Waals surface area contributed by atoms with Crippen molar-refractivity contribution in [3.8, 4) is 0 Å². The van der Waals surface area contributed by atoms with Crippen LogP contribution >= 0.6 is 0 Å². The molecule has 0 aromatic rings. The van der Waals surface area contributed by atoms with Crippen LogP contribution in [0.2, 0.25) is 0 Å². The molecule has 0 saturated heterocycles. The van der Waals surface area contributed by atoms with Crippen LogP contribution in [0.25, 0.3) is 0 Å². The molecule has 4 nitrogen and oxygen atoms in total. The highest BCUT2D eigenvalue weighted by Crippen LogP contribution is 1.46. The third kappa shape index (κ3) is 5.16. The molecule has 0 atom stereocenters. The Hall–Kier alpha value is -0.840. The molecule has 0 amide bonds. The molecule has 40 valence electrons. The first-order valence-electron chi connectivity index (χ1n) is 1.29. The van der Waals surface area contributed by atoms with Gasteiger partial charge in [-0.25, -0.2) is 4.79 Å². The fraction of sp³-hybridized carbons (Fsp3) is 0. The molecule has 0 aromatic heterocycles. The van der Waals surface area contributed by atoms with Crippen molar-refractivity contribution in [1.29, 1.82) is 0 Å². The van der Waals surface area contributed by atoms with Crippen LogP contribution in [-0.2, 0) is 15.1 Å². The summed E-state index contributed by atoms with van der Waals surface area (Å²) in [4.78, 5) is 9.36. The topological polar surface area (TPSA) is 71.4 Å². The molecule has 0 heterocycles. The van der Waals surface area contributed by atoms with Crippen molar-refractivity contribution in [2.75, 3.05) is 0 Å². The summed E-state index contributed by atoms with van der Waals surface area (Å²) in [5.41, 5.74) is 0. The third-order valence-corrected chi connectivity index (χ3v) is 0.591. The van der Waals surface area contributed by atoms with Crippen LogP contribution in [0.1, 0.15) is 0 Å². The van der Waals surface area contributed by atoms with Crippen molar-refractivity contribution in [3.63, 3.8) is 0 Å². The average molecular weight is 122 g/mol. The van der Waals surface area contributed by atoms with Crippen LogP contribution in [0.15, 0.2) is 0 Å². The zero-order valence-electron chi connectivity index (χ0n) is 3.16. The minimum Gasteiger partial charge on any atom is -0.477 e. The van der Waals surface area contributed by atoms with Crippen molar-refractivity contribution in [1.82, 2.24) is 0 Å². The molecule has 0 aromatic carbocycles. The Morgan fingerprint density at radius 1 is 1.57 bits per heavy atom. The van der Waals surface area contributed by atoms with Crippen LogP contribution < -0.4 is 0 Å². The summed E-state index contributed by atoms with van der Waals surface area (Å²) < 4.78 is 18.7. The Labute approximate surface area is 40.9 Å². The minimum atomic E-state index is -2.57. The molecular weight excluding hydrogens is 120 g/mol. The van der Waals surface area contributed by atoms with E-state index in [0.717, 1.165) is 0 Å². The lowest BCUT2D eigenvalue weighted by molar-refractivity contribution is -0.128. The Morgan fingerprint density at radius 3 is 2.00 bits per heavy atom. The Bertz CT molecular complexity index is 178. The quantitative estimate of drug-likeness (QED) is 0.441. The number of carboxylic acid groups (broad SMARTS) is 1. The minimum absolute atomic E-state index is 0.167. The normalized spacial score (nSPS) is 7.43. The first kappa shape index (κ1) is 6.16. The van der Waals surface area contributed by atoms with Crippen molar-refractivity contribution in [2.24, 2.45) is 0 Å². The molecule has 0 fully saturated rings. The van der Waals surface area contributed by atoms with E-state index in [1.54, 1.807) is 0 Å². The van der Waals surface area contributed by atoms with Gasteiger partial charge < -0.3 is 5.11 Å². The van der Waals surface area contributed by atoms with Crippen LogP contribution in [0, 0.1) is 0 Å². The van der Waals surface area contributed by atoms with Crippen LogP contribution in [0.4, 0.5) is 0 Å². The average Bonchev–Trinajstić information content (AvgIpc) is 1.27. The maximum absolute atomic E-state index is 9.37. The van der Waals surface area contributed by atoms with Gasteiger partial charge in [-0.05, 0) is 0 Å². The number of hydrogen-bond donors (Lipinski definition) is 1. The molecular formula is C2H2O4S. The lowest BCUT2D eigenvalue weighted by Crippen LogP contribution is -1.94. The molecule has 0 bridgehead atoms. The summed E-state index contributed by atoms with van der Waals surface area (Å²) in [5.74, 6) is -1.45. The van der Waals surface area contributed by atoms with Gasteiger partial charge in [0.15, 0.2) is 0 Å². The maximum Gasteiger partial charge on any atom is 0.343 e. The van der Waals surface area contributed by atoms with Gasteiger partial charge in [-0.1, -0.05) is 0 Å². The zero-order chi connectivity index (χ0) is 5.86. The van der Waals surface area contributed by atoms with Gasteiger partial charge in [-0.2, -0.15) is 8.42 Å². The standard InChI is InChI=1S/C2H2O4S/c3-2(4)1-7(5)6/h1H,(H,3,4). The second kappa shape index (κ2) is 2.35. The van der Waals surface area contributed by atoms with Crippen molar-refractivity contribution < 1.29 is 18.3 Å². The van der Waals surface area contributed by atoms with Gasteiger partial charge >= 0.3 is 5.97 Å². The van der Waals surface area contributed by atoms with E-state index in [4.69, 9.17) is 5.11 Å². The van der Waals surface area contributed by atoms with Gasteiger partial charge in [0.2, 0.25) is 10.3 Å². The Balaban J connectivity index is 4.26. The lowest BCUT2D eigenvalue weighted by Gasteiger charge is -1.63. The summed E-state index contributed by atoms with van der Waals surface area (Å²) >= 11 is 0. The molecule has 7 heavy (non-hydrogen) atoms. The van der Waals surface area contributed by atoms with Gasteiger partial charge in [0.1, 0.15) is 5.37 Å². The number of carbonyl (C=O) groups is 1. The van der Waals surface area contributed by atoms with Gasteiger partial charge in [0.05, 0.1) is 0 Å². The monoisotopic (exact) mass is 122 g/mol. The number of aliphatic carboxylic acids is 1. The predicted octanol–water partition coefficient (Wildman–Crippen LogP) is -1.25. The fourth-order valence-corrected chi connectivity index (χ4v) is 0.247. The highest BCUT2D eigenvalue weighted by molar-refractivity contribution is 7.73. The van der Waals surface area contributed by atoms with E-state index in [-0.39, 0.29) is 5.37 Å². The van der Waals surface area contributed by atoms with E-state index < -0.39 is 16.3 Å². The third-order valence-electron chi connectivity index (χ3n) is 0.197. The van der Waals surface area contributed by atoms with Gasteiger partial charge in [-0.3, -0.25) is 0 Å². The first-order chi connectivity index (χ1) is 3.13. The fourth-order valence-electron chi connectivity index (χ4n) is 0.0823. The summed E-state index contributed by atoms with van der Waals surface area (Å²) in [6.45, 7) is 0. The zero-order valence-corrected chi connectivity index (χ0v) is 3.97. The second-order valence-corrected chi connectivity index (χ2v) is 1.47. The summed E-state index contributed by atoms with van der Waals surface area (Å²) in [5, 5.41) is 7.80. The van der Waals surface area contributed by atoms with Gasteiger partial charge in [0, 0.05) is 0 Å². The number of rotatable bonds is 1. The smallest absolute Gasteiger partial charge is 0.343 e. The van der Waals surface area contributed by atoms with Crippen LogP contribution in [0.3, 0.4) is 0 Å². The van der Waals surface area contributed by atoms with Gasteiger partial charge in [0.25, 0.3) is 0 Å². The van der Waals surface area contributed by atoms with E-state index in [9.17, 15) is 13.2 Å². The summed E-state index contributed by atoms with van der Waals surface area (Å²) in [6, 6.07) is 0. The first-order valence-corrected chi connectivity index (χ1v) is 2.42. The van der Waals surface area contributed by atoms with Crippen LogP contribution in [0.5, 0.6) is 0 Å². The highest BCUT2D eigenvalue weighted by atomic mass is 32.2. The van der Waals surface area contributed by atoms with E-state index in [1.807, 2.05) is 0 Å². The van der Waals surface area contributed by atoms with E-state index in [1.165, 1.54) is 0 Å².